The van der Waals surface area contributed by atoms with Crippen LogP contribution in [-0.2, 0) is 9.53 Å². The highest BCUT2D eigenvalue weighted by Crippen LogP contribution is 2.20. The Morgan fingerprint density at radius 3 is 2.81 bits per heavy atom. The van der Waals surface area contributed by atoms with Crippen LogP contribution >= 0.6 is 0 Å². The SMILES string of the molecule is Cc1cccc(NC2=C3C[NH+]([O-])C=CC3NC(NCCCNC(=O)CN(C)C(=O)OC(C)(C)C)=N2)c1. The Hall–Kier alpha value is -3.57. The molecule has 2 heterocycles. The maximum Gasteiger partial charge on any atom is 0.410 e. The second-order valence-electron chi connectivity index (χ2n) is 9.92. The van der Waals surface area contributed by atoms with Gasteiger partial charge in [-0.15, -0.1) is 0 Å². The number of anilines is 1. The molecule has 2 aliphatic heterocycles. The highest BCUT2D eigenvalue weighted by atomic mass is 16.6. The van der Waals surface area contributed by atoms with Crippen molar-refractivity contribution >= 4 is 23.6 Å². The van der Waals surface area contributed by atoms with Gasteiger partial charge in [0, 0.05) is 25.8 Å². The average molecular weight is 500 g/mol. The smallest absolute Gasteiger partial charge is 0.410 e. The normalized spacial score (nSPS) is 19.0. The van der Waals surface area contributed by atoms with Crippen molar-refractivity contribution in [2.75, 3.05) is 38.5 Å². The molecule has 0 fully saturated rings. The monoisotopic (exact) mass is 499 g/mol. The van der Waals surface area contributed by atoms with E-state index in [4.69, 9.17) is 4.74 Å². The lowest BCUT2D eigenvalue weighted by Crippen LogP contribution is -3.03. The number of ether oxygens (including phenoxy) is 1. The zero-order chi connectivity index (χ0) is 26.3. The number of hydrogen-bond donors (Lipinski definition) is 5. The number of rotatable bonds is 8. The van der Waals surface area contributed by atoms with Gasteiger partial charge in [-0.1, -0.05) is 12.1 Å². The van der Waals surface area contributed by atoms with Gasteiger partial charge in [-0.25, -0.2) is 4.79 Å². The highest BCUT2D eigenvalue weighted by Gasteiger charge is 2.28. The fraction of sp³-hybridized carbons (Fsp3) is 0.480. The first-order valence-corrected chi connectivity index (χ1v) is 12.1. The molecule has 0 bridgehead atoms. The van der Waals surface area contributed by atoms with Gasteiger partial charge in [-0.2, -0.15) is 4.99 Å². The molecule has 2 amide bonds. The van der Waals surface area contributed by atoms with E-state index in [-0.39, 0.29) is 23.6 Å². The fourth-order valence-corrected chi connectivity index (χ4v) is 3.66. The Morgan fingerprint density at radius 1 is 1.31 bits per heavy atom. The summed E-state index contributed by atoms with van der Waals surface area (Å²) in [4.78, 5) is 30.1. The predicted octanol–water partition coefficient (Wildman–Crippen LogP) is 0.819. The van der Waals surface area contributed by atoms with Gasteiger partial charge in [-0.05, 0) is 57.9 Å². The van der Waals surface area contributed by atoms with Crippen molar-refractivity contribution in [3.63, 3.8) is 0 Å². The van der Waals surface area contributed by atoms with Gasteiger partial charge in [-0.3, -0.25) is 4.79 Å². The quantitative estimate of drug-likeness (QED) is 0.264. The van der Waals surface area contributed by atoms with Gasteiger partial charge in [0.2, 0.25) is 5.91 Å². The average Bonchev–Trinajstić information content (AvgIpc) is 2.78. The topological polar surface area (TPSA) is 135 Å². The molecule has 0 aliphatic carbocycles. The first kappa shape index (κ1) is 27.0. The van der Waals surface area contributed by atoms with Gasteiger partial charge >= 0.3 is 6.09 Å². The summed E-state index contributed by atoms with van der Waals surface area (Å²) in [5.41, 5.74) is 2.31. The third kappa shape index (κ3) is 8.28. The Bertz CT molecular complexity index is 1050. The molecule has 3 rings (SSSR count). The zero-order valence-corrected chi connectivity index (χ0v) is 21.6. The van der Waals surface area contributed by atoms with E-state index in [0.717, 1.165) is 16.8 Å². The van der Waals surface area contributed by atoms with Crippen molar-refractivity contribution < 1.29 is 19.4 Å². The number of fused-ring (bicyclic) bond motifs is 1. The van der Waals surface area contributed by atoms with E-state index < -0.39 is 11.7 Å². The summed E-state index contributed by atoms with van der Waals surface area (Å²) in [5, 5.41) is 24.8. The fourth-order valence-electron chi connectivity index (χ4n) is 3.66. The second kappa shape index (κ2) is 11.9. The molecule has 2 unspecified atom stereocenters. The molecule has 5 N–H and O–H groups in total. The number of hydrogen-bond acceptors (Lipinski definition) is 8. The molecule has 11 heteroatoms. The minimum atomic E-state index is -0.613. The van der Waals surface area contributed by atoms with Crippen LogP contribution in [-0.4, -0.2) is 67.7 Å². The maximum absolute atomic E-state index is 12.1. The zero-order valence-electron chi connectivity index (χ0n) is 21.6. The first-order chi connectivity index (χ1) is 17.0. The molecule has 11 nitrogen and oxygen atoms in total. The lowest BCUT2D eigenvalue weighted by atomic mass is 10.0. The van der Waals surface area contributed by atoms with E-state index in [2.05, 4.69) is 26.3 Å². The Morgan fingerprint density at radius 2 is 2.08 bits per heavy atom. The van der Waals surface area contributed by atoms with Crippen LogP contribution in [0.5, 0.6) is 0 Å². The number of hydroxylamine groups is 2. The van der Waals surface area contributed by atoms with Crippen LogP contribution in [0.25, 0.3) is 0 Å². The van der Waals surface area contributed by atoms with Crippen LogP contribution in [0.15, 0.2) is 52.9 Å². The van der Waals surface area contributed by atoms with Crippen LogP contribution < -0.4 is 26.3 Å². The van der Waals surface area contributed by atoms with E-state index >= 15 is 0 Å². The van der Waals surface area contributed by atoms with Crippen LogP contribution in [0.4, 0.5) is 10.5 Å². The highest BCUT2D eigenvalue weighted by molar-refractivity contribution is 5.84. The molecule has 0 spiro atoms. The Kier molecular flexibility index (Phi) is 8.94. The summed E-state index contributed by atoms with van der Waals surface area (Å²) in [6.07, 6.45) is 3.55. The summed E-state index contributed by atoms with van der Waals surface area (Å²) in [6, 6.07) is 7.85. The van der Waals surface area contributed by atoms with Crippen LogP contribution in [0.1, 0.15) is 32.8 Å². The number of carbonyl (C=O) groups is 2. The number of aryl methyl sites for hydroxylation is 1. The molecule has 1 aromatic rings. The van der Waals surface area contributed by atoms with Gasteiger partial charge in [0.15, 0.2) is 5.96 Å². The summed E-state index contributed by atoms with van der Waals surface area (Å²) in [6.45, 7) is 8.59. The van der Waals surface area contributed by atoms with E-state index in [9.17, 15) is 14.8 Å². The van der Waals surface area contributed by atoms with Crippen molar-refractivity contribution in [1.29, 1.82) is 0 Å². The Labute approximate surface area is 212 Å². The van der Waals surface area contributed by atoms with Crippen LogP contribution in [0.3, 0.4) is 0 Å². The molecular formula is C25H37N7O4. The number of amides is 2. The molecule has 0 aromatic heterocycles. The van der Waals surface area contributed by atoms with Gasteiger partial charge in [0.05, 0.1) is 17.8 Å². The maximum atomic E-state index is 12.1. The molecule has 0 saturated heterocycles. The van der Waals surface area contributed by atoms with Gasteiger partial charge < -0.3 is 41.2 Å². The third-order valence-electron chi connectivity index (χ3n) is 5.37. The summed E-state index contributed by atoms with van der Waals surface area (Å²) in [7, 11) is 1.53. The lowest BCUT2D eigenvalue weighted by molar-refractivity contribution is -0.787. The van der Waals surface area contributed by atoms with E-state index in [1.165, 1.54) is 11.9 Å². The van der Waals surface area contributed by atoms with E-state index in [1.807, 2.05) is 37.3 Å². The number of benzene rings is 1. The van der Waals surface area contributed by atoms with Crippen LogP contribution in [0, 0.1) is 12.1 Å². The Balaban J connectivity index is 1.49. The van der Waals surface area contributed by atoms with Crippen LogP contribution in [0.2, 0.25) is 0 Å². The van der Waals surface area contributed by atoms with Crippen molar-refractivity contribution in [1.82, 2.24) is 20.9 Å². The number of aliphatic imine (C=N–C) groups is 1. The van der Waals surface area contributed by atoms with E-state index in [1.54, 1.807) is 27.0 Å². The van der Waals surface area contributed by atoms with Gasteiger partial charge in [0.1, 0.15) is 24.5 Å². The van der Waals surface area contributed by atoms with Crippen molar-refractivity contribution in [2.24, 2.45) is 4.99 Å². The van der Waals surface area contributed by atoms with Crippen molar-refractivity contribution in [2.45, 2.75) is 45.8 Å². The van der Waals surface area contributed by atoms with Crippen molar-refractivity contribution in [3.8, 4) is 0 Å². The number of carbonyl (C=O) groups excluding carboxylic acids is 2. The molecule has 0 saturated carbocycles. The molecule has 2 atom stereocenters. The number of likely N-dealkylation sites (N-methyl/N-ethyl adjacent to an activating group) is 1. The number of guanidine groups is 1. The van der Waals surface area contributed by atoms with Crippen molar-refractivity contribution in [3.05, 3.63) is 58.7 Å². The molecule has 2 aliphatic rings. The summed E-state index contributed by atoms with van der Waals surface area (Å²) < 4.78 is 5.25. The standard InChI is InChI=1S/C25H37N7O4/c1-17-8-6-9-18(14-17)28-22-19-15-32(35)13-10-20(19)29-23(30-22)27-12-7-11-26-21(33)16-31(5)24(34)36-25(2,3)4/h6,8-10,13-14,20,28,32H,7,11-12,15-16H2,1-5H3,(H,26,33)(H2,27,29,30). The summed E-state index contributed by atoms with van der Waals surface area (Å²) in [5.74, 6) is 0.989. The number of nitrogens with one attached hydrogen (secondary N) is 5. The minimum Gasteiger partial charge on any atom is -0.629 e. The largest absolute Gasteiger partial charge is 0.629 e. The van der Waals surface area contributed by atoms with E-state index in [0.29, 0.717) is 37.8 Å². The molecule has 196 valence electrons. The summed E-state index contributed by atoms with van der Waals surface area (Å²) >= 11 is 0. The molecule has 0 radical (unpaired) electrons. The second-order valence-corrected chi connectivity index (χ2v) is 9.92. The molecule has 36 heavy (non-hydrogen) atoms. The third-order valence-corrected chi connectivity index (χ3v) is 5.37. The number of quaternary nitrogens is 1. The van der Waals surface area contributed by atoms with Gasteiger partial charge in [0.25, 0.3) is 0 Å². The first-order valence-electron chi connectivity index (χ1n) is 12.1. The number of nitrogens with zero attached hydrogens (tertiary/aromatic N) is 2. The lowest BCUT2D eigenvalue weighted by Gasteiger charge is -2.33. The molecular weight excluding hydrogens is 462 g/mol. The predicted molar refractivity (Wildman–Crippen MR) is 139 cm³/mol. The minimum absolute atomic E-state index is 0.0475. The molecule has 1 aromatic carbocycles.